The van der Waals surface area contributed by atoms with Crippen molar-refractivity contribution in [3.8, 4) is 11.5 Å². The van der Waals surface area contributed by atoms with Crippen molar-refractivity contribution in [2.24, 2.45) is 0 Å². The highest BCUT2D eigenvalue weighted by atomic mass is 32.2. The van der Waals surface area contributed by atoms with Gasteiger partial charge in [0, 0.05) is 50.2 Å². The Morgan fingerprint density at radius 3 is 2.65 bits per heavy atom. The SMILES string of the molecule is Cc1cc(N2CCN(Cc3ccc4c(c3)OCO4)CC2)nc(SCc2cccc(C(=O)O)c2)n1. The minimum atomic E-state index is -0.918. The van der Waals surface area contributed by atoms with Gasteiger partial charge in [0.15, 0.2) is 16.7 Å². The standard InChI is InChI=1S/C25H26N4O4S/c1-17-11-23(27-25(26-17)34-15-19-3-2-4-20(12-19)24(30)31)29-9-7-28(8-10-29)14-18-5-6-21-22(13-18)33-16-32-21/h2-6,11-13H,7-10,14-16H2,1H3,(H,30,31). The zero-order valence-electron chi connectivity index (χ0n) is 18.9. The van der Waals surface area contributed by atoms with Crippen LogP contribution in [0.5, 0.6) is 11.5 Å². The fourth-order valence-corrected chi connectivity index (χ4v) is 4.97. The Balaban J connectivity index is 1.19. The summed E-state index contributed by atoms with van der Waals surface area (Å²) in [6.45, 7) is 6.84. The number of ether oxygens (including phenoxy) is 2. The smallest absolute Gasteiger partial charge is 0.335 e. The fourth-order valence-electron chi connectivity index (χ4n) is 4.13. The molecule has 0 amide bonds. The lowest BCUT2D eigenvalue weighted by molar-refractivity contribution is 0.0696. The number of fused-ring (bicyclic) bond motifs is 1. The summed E-state index contributed by atoms with van der Waals surface area (Å²) in [5.41, 5.74) is 3.38. The van der Waals surface area contributed by atoms with Gasteiger partial charge in [-0.15, -0.1) is 0 Å². The highest BCUT2D eigenvalue weighted by Crippen LogP contribution is 2.33. The monoisotopic (exact) mass is 478 g/mol. The van der Waals surface area contributed by atoms with Gasteiger partial charge in [-0.05, 0) is 42.3 Å². The molecule has 1 saturated heterocycles. The maximum absolute atomic E-state index is 11.2. The highest BCUT2D eigenvalue weighted by Gasteiger charge is 2.20. The number of aryl methyl sites for hydroxylation is 1. The van der Waals surface area contributed by atoms with E-state index in [1.165, 1.54) is 17.3 Å². The van der Waals surface area contributed by atoms with Crippen molar-refractivity contribution in [3.05, 3.63) is 70.9 Å². The summed E-state index contributed by atoms with van der Waals surface area (Å²) >= 11 is 1.52. The van der Waals surface area contributed by atoms with Crippen LogP contribution < -0.4 is 14.4 Å². The van der Waals surface area contributed by atoms with Crippen molar-refractivity contribution in [3.63, 3.8) is 0 Å². The van der Waals surface area contributed by atoms with Crippen LogP contribution in [0.2, 0.25) is 0 Å². The molecule has 1 fully saturated rings. The minimum Gasteiger partial charge on any atom is -0.478 e. The largest absolute Gasteiger partial charge is 0.478 e. The molecule has 0 atom stereocenters. The topological polar surface area (TPSA) is 88.0 Å². The lowest BCUT2D eigenvalue weighted by atomic mass is 10.1. The van der Waals surface area contributed by atoms with Crippen LogP contribution in [0.15, 0.2) is 53.7 Å². The molecule has 2 aromatic carbocycles. The van der Waals surface area contributed by atoms with E-state index in [0.717, 1.165) is 61.3 Å². The lowest BCUT2D eigenvalue weighted by Crippen LogP contribution is -2.46. The molecule has 34 heavy (non-hydrogen) atoms. The number of carbonyl (C=O) groups is 1. The number of hydrogen-bond donors (Lipinski definition) is 1. The molecule has 5 rings (SSSR count). The molecular formula is C25H26N4O4S. The summed E-state index contributed by atoms with van der Waals surface area (Å²) in [7, 11) is 0. The first kappa shape index (κ1) is 22.5. The van der Waals surface area contributed by atoms with Gasteiger partial charge in [-0.1, -0.05) is 30.0 Å². The van der Waals surface area contributed by atoms with Crippen molar-refractivity contribution in [1.82, 2.24) is 14.9 Å². The maximum Gasteiger partial charge on any atom is 0.335 e. The van der Waals surface area contributed by atoms with Crippen LogP contribution in [0.4, 0.5) is 5.82 Å². The average Bonchev–Trinajstić information content (AvgIpc) is 3.31. The Kier molecular flexibility index (Phi) is 6.55. The van der Waals surface area contributed by atoms with Crippen LogP contribution >= 0.6 is 11.8 Å². The summed E-state index contributed by atoms with van der Waals surface area (Å²) < 4.78 is 10.9. The van der Waals surface area contributed by atoms with Crippen LogP contribution in [0.25, 0.3) is 0 Å². The number of piperazine rings is 1. The second-order valence-corrected chi connectivity index (χ2v) is 9.34. The van der Waals surface area contributed by atoms with Gasteiger partial charge < -0.3 is 19.5 Å². The quantitative estimate of drug-likeness (QED) is 0.402. The molecule has 8 nitrogen and oxygen atoms in total. The molecule has 176 valence electrons. The summed E-state index contributed by atoms with van der Waals surface area (Å²) in [6.07, 6.45) is 0. The first-order valence-corrected chi connectivity index (χ1v) is 12.2. The number of carboxylic acid groups (broad SMARTS) is 1. The Morgan fingerprint density at radius 1 is 1.00 bits per heavy atom. The predicted octanol–water partition coefficient (Wildman–Crippen LogP) is 3.83. The Labute approximate surface area is 202 Å². The second kappa shape index (κ2) is 9.90. The first-order valence-electron chi connectivity index (χ1n) is 11.2. The zero-order chi connectivity index (χ0) is 23.5. The molecule has 9 heteroatoms. The molecule has 0 unspecified atom stereocenters. The van der Waals surface area contributed by atoms with Crippen molar-refractivity contribution in [1.29, 1.82) is 0 Å². The van der Waals surface area contributed by atoms with E-state index < -0.39 is 5.97 Å². The third-order valence-corrected chi connectivity index (χ3v) is 6.82. The molecule has 0 spiro atoms. The number of anilines is 1. The van der Waals surface area contributed by atoms with E-state index in [9.17, 15) is 9.90 Å². The number of hydrogen-bond acceptors (Lipinski definition) is 8. The van der Waals surface area contributed by atoms with Gasteiger partial charge >= 0.3 is 5.97 Å². The van der Waals surface area contributed by atoms with Crippen LogP contribution in [-0.4, -0.2) is 58.9 Å². The highest BCUT2D eigenvalue weighted by molar-refractivity contribution is 7.98. The minimum absolute atomic E-state index is 0.294. The molecule has 1 aromatic heterocycles. The maximum atomic E-state index is 11.2. The number of aromatic nitrogens is 2. The average molecular weight is 479 g/mol. The van der Waals surface area contributed by atoms with Crippen molar-refractivity contribution < 1.29 is 19.4 Å². The van der Waals surface area contributed by atoms with Crippen molar-refractivity contribution in [2.45, 2.75) is 24.4 Å². The van der Waals surface area contributed by atoms with Gasteiger partial charge in [0.1, 0.15) is 5.82 Å². The van der Waals surface area contributed by atoms with E-state index in [2.05, 4.69) is 26.9 Å². The zero-order valence-corrected chi connectivity index (χ0v) is 19.8. The van der Waals surface area contributed by atoms with Crippen LogP contribution in [0.1, 0.15) is 27.2 Å². The van der Waals surface area contributed by atoms with Crippen LogP contribution in [-0.2, 0) is 12.3 Å². The third kappa shape index (κ3) is 5.26. The summed E-state index contributed by atoms with van der Waals surface area (Å²) in [4.78, 5) is 25.3. The normalized spacial score (nSPS) is 15.5. The number of rotatable bonds is 7. The van der Waals surface area contributed by atoms with Gasteiger partial charge in [0.25, 0.3) is 0 Å². The van der Waals surface area contributed by atoms with E-state index in [1.807, 2.05) is 25.1 Å². The molecule has 0 aliphatic carbocycles. The van der Waals surface area contributed by atoms with Crippen molar-refractivity contribution >= 4 is 23.5 Å². The molecule has 3 heterocycles. The summed E-state index contributed by atoms with van der Waals surface area (Å²) in [5, 5.41) is 9.91. The van der Waals surface area contributed by atoms with E-state index in [0.29, 0.717) is 23.3 Å². The third-order valence-electron chi connectivity index (χ3n) is 5.90. The van der Waals surface area contributed by atoms with Gasteiger partial charge in [-0.25, -0.2) is 14.8 Å². The van der Waals surface area contributed by atoms with Crippen molar-refractivity contribution in [2.75, 3.05) is 37.9 Å². The van der Waals surface area contributed by atoms with Gasteiger partial charge in [-0.3, -0.25) is 4.90 Å². The van der Waals surface area contributed by atoms with Crippen LogP contribution in [0, 0.1) is 6.92 Å². The number of thioether (sulfide) groups is 1. The van der Waals surface area contributed by atoms with Gasteiger partial charge in [0.2, 0.25) is 6.79 Å². The summed E-state index contributed by atoms with van der Waals surface area (Å²) in [5.74, 6) is 2.28. The van der Waals surface area contributed by atoms with Gasteiger partial charge in [0.05, 0.1) is 5.56 Å². The number of aromatic carboxylic acids is 1. The van der Waals surface area contributed by atoms with E-state index in [-0.39, 0.29) is 0 Å². The lowest BCUT2D eigenvalue weighted by Gasteiger charge is -2.35. The molecule has 1 N–H and O–H groups in total. The molecule has 0 radical (unpaired) electrons. The molecule has 2 aliphatic rings. The summed E-state index contributed by atoms with van der Waals surface area (Å²) in [6, 6.07) is 15.2. The Morgan fingerprint density at radius 2 is 1.82 bits per heavy atom. The molecular weight excluding hydrogens is 452 g/mol. The molecule has 2 aliphatic heterocycles. The molecule has 0 bridgehead atoms. The van der Waals surface area contributed by atoms with E-state index in [1.54, 1.807) is 18.2 Å². The predicted molar refractivity (Wildman–Crippen MR) is 130 cm³/mol. The van der Waals surface area contributed by atoms with Crippen LogP contribution in [0.3, 0.4) is 0 Å². The van der Waals surface area contributed by atoms with E-state index >= 15 is 0 Å². The number of benzene rings is 2. The van der Waals surface area contributed by atoms with Gasteiger partial charge in [-0.2, -0.15) is 0 Å². The molecule has 3 aromatic rings. The number of nitrogens with zero attached hydrogens (tertiary/aromatic N) is 4. The van der Waals surface area contributed by atoms with E-state index in [4.69, 9.17) is 14.5 Å². The fraction of sp³-hybridized carbons (Fsp3) is 0.320. The Hall–Kier alpha value is -3.30. The first-order chi connectivity index (χ1) is 16.5. The molecule has 0 saturated carbocycles. The Bertz CT molecular complexity index is 1200. The number of carboxylic acids is 1. The second-order valence-electron chi connectivity index (χ2n) is 8.40.